The van der Waals surface area contributed by atoms with E-state index in [0.29, 0.717) is 56.2 Å². The van der Waals surface area contributed by atoms with Gasteiger partial charge in [0.1, 0.15) is 40.7 Å². The summed E-state index contributed by atoms with van der Waals surface area (Å²) in [6, 6.07) is 4.14. The molecule has 3 N–H and O–H groups in total. The highest BCUT2D eigenvalue weighted by molar-refractivity contribution is 5.97. The number of piperidine rings is 1. The predicted octanol–water partition coefficient (Wildman–Crippen LogP) is 4.70. The van der Waals surface area contributed by atoms with E-state index in [-0.39, 0.29) is 30.0 Å². The van der Waals surface area contributed by atoms with Crippen LogP contribution in [0.2, 0.25) is 0 Å². The highest BCUT2D eigenvalue weighted by Gasteiger charge is 2.32. The number of aliphatic hydroxyl groups excluding tert-OH is 1. The zero-order chi connectivity index (χ0) is 30.2. The van der Waals surface area contributed by atoms with Gasteiger partial charge in [-0.1, -0.05) is 6.92 Å². The number of hydrogen-bond acceptors (Lipinski definition) is 8. The van der Waals surface area contributed by atoms with Crippen molar-refractivity contribution in [1.29, 1.82) is 0 Å². The molecule has 2 unspecified atom stereocenters. The van der Waals surface area contributed by atoms with Crippen molar-refractivity contribution in [2.75, 3.05) is 31.2 Å². The first-order chi connectivity index (χ1) is 20.7. The van der Waals surface area contributed by atoms with Gasteiger partial charge in [0.15, 0.2) is 5.78 Å². The molecule has 2 fully saturated rings. The van der Waals surface area contributed by atoms with Crippen molar-refractivity contribution < 1.29 is 32.5 Å². The molecule has 0 radical (unpaired) electrons. The van der Waals surface area contributed by atoms with E-state index in [1.54, 1.807) is 6.20 Å². The average Bonchev–Trinajstić information content (AvgIpc) is 3.33. The van der Waals surface area contributed by atoms with Crippen LogP contribution in [0, 0.1) is 23.4 Å². The second-order valence-electron chi connectivity index (χ2n) is 11.9. The molecule has 43 heavy (non-hydrogen) atoms. The first-order valence-corrected chi connectivity index (χ1v) is 14.8. The van der Waals surface area contributed by atoms with Crippen LogP contribution in [0.1, 0.15) is 66.0 Å². The van der Waals surface area contributed by atoms with Gasteiger partial charge in [-0.3, -0.25) is 9.78 Å². The fourth-order valence-electron chi connectivity index (χ4n) is 6.54. The minimum absolute atomic E-state index is 0.0320. The first-order valence-electron chi connectivity index (χ1n) is 14.8. The molecular weight excluding hydrogens is 561 g/mol. The molecule has 2 aromatic heterocycles. The summed E-state index contributed by atoms with van der Waals surface area (Å²) in [7, 11) is 0. The molecule has 3 aliphatic rings. The van der Waals surface area contributed by atoms with Crippen molar-refractivity contribution in [3.63, 3.8) is 0 Å². The van der Waals surface area contributed by atoms with Crippen LogP contribution in [0.15, 0.2) is 30.5 Å². The molecular formula is C32H35F3N4O4. The maximum absolute atomic E-state index is 15.2. The van der Waals surface area contributed by atoms with E-state index < -0.39 is 40.6 Å². The summed E-state index contributed by atoms with van der Waals surface area (Å²) in [5.41, 5.74) is 7.92. The largest absolute Gasteiger partial charge is 0.488 e. The van der Waals surface area contributed by atoms with E-state index >= 15 is 8.78 Å². The molecule has 8 nitrogen and oxygen atoms in total. The minimum atomic E-state index is -1.05. The van der Waals surface area contributed by atoms with Gasteiger partial charge in [-0.25, -0.2) is 18.2 Å². The molecule has 1 aromatic carbocycles. The summed E-state index contributed by atoms with van der Waals surface area (Å²) in [5.74, 6) is -3.23. The van der Waals surface area contributed by atoms with Crippen LogP contribution >= 0.6 is 0 Å². The summed E-state index contributed by atoms with van der Waals surface area (Å²) < 4.78 is 56.4. The zero-order valence-electron chi connectivity index (χ0n) is 24.0. The van der Waals surface area contributed by atoms with Crippen molar-refractivity contribution in [2.24, 2.45) is 11.7 Å². The number of rotatable bonds is 7. The van der Waals surface area contributed by atoms with Gasteiger partial charge in [0.05, 0.1) is 24.0 Å². The molecule has 11 heteroatoms. The Morgan fingerprint density at radius 2 is 1.95 bits per heavy atom. The number of fused-ring (bicyclic) bond motifs is 1. The maximum atomic E-state index is 15.2. The Morgan fingerprint density at radius 1 is 1.16 bits per heavy atom. The Hall–Kier alpha value is -3.54. The number of hydrogen-bond donors (Lipinski definition) is 2. The Labute approximate surface area is 248 Å². The van der Waals surface area contributed by atoms with Gasteiger partial charge in [0.25, 0.3) is 0 Å². The van der Waals surface area contributed by atoms with Crippen LogP contribution in [0.25, 0.3) is 11.3 Å². The number of nitrogens with zero attached hydrogens (tertiary/aromatic N) is 3. The smallest absolute Gasteiger partial charge is 0.185 e. The fraction of sp³-hybridized carbons (Fsp3) is 0.469. The minimum Gasteiger partial charge on any atom is -0.488 e. The number of halogens is 3. The van der Waals surface area contributed by atoms with Gasteiger partial charge in [-0.05, 0) is 50.2 Å². The molecule has 2 aliphatic heterocycles. The number of anilines is 1. The van der Waals surface area contributed by atoms with Crippen LogP contribution in [0.3, 0.4) is 0 Å². The van der Waals surface area contributed by atoms with Crippen molar-refractivity contribution in [3.8, 4) is 17.0 Å². The predicted molar refractivity (Wildman–Crippen MR) is 154 cm³/mol. The number of nitrogens with two attached hydrogens (primary N) is 1. The normalized spacial score (nSPS) is 23.7. The molecule has 0 amide bonds. The van der Waals surface area contributed by atoms with Gasteiger partial charge < -0.3 is 25.2 Å². The number of aliphatic hydroxyl groups is 1. The second-order valence-corrected chi connectivity index (χ2v) is 11.9. The fourth-order valence-corrected chi connectivity index (χ4v) is 6.54. The molecule has 0 bridgehead atoms. The second kappa shape index (κ2) is 12.2. The van der Waals surface area contributed by atoms with Crippen LogP contribution in [-0.4, -0.2) is 59.3 Å². The van der Waals surface area contributed by atoms with E-state index in [1.165, 1.54) is 6.07 Å². The number of ether oxygens (including phenoxy) is 2. The third kappa shape index (κ3) is 6.11. The molecule has 228 valence electrons. The highest BCUT2D eigenvalue weighted by Crippen LogP contribution is 2.40. The van der Waals surface area contributed by atoms with Gasteiger partial charge in [-0.15, -0.1) is 0 Å². The number of carbonyl (C=O) groups excluding carboxylic acids is 1. The van der Waals surface area contributed by atoms with Crippen LogP contribution in [0.4, 0.5) is 18.9 Å². The van der Waals surface area contributed by atoms with Crippen LogP contribution < -0.4 is 15.4 Å². The Morgan fingerprint density at radius 3 is 2.67 bits per heavy atom. The molecule has 0 saturated carbocycles. The highest BCUT2D eigenvalue weighted by atomic mass is 19.1. The Kier molecular flexibility index (Phi) is 8.39. The standard InChI is InChI=1S/C32H35F3N4O4/c1-17-9-19(36)15-39(14-17)32-18(13-37-30-22(32)4-7-27(30)40)10-28(41)26-6-5-23(33)31(38-26)29-24(34)11-21(12-25(29)35)43-20-3-2-8-42-16-20/h5-6,11-13,17,19-20,27,40H,2-4,7-10,14-16,36H2,1H3/t17-,19+,20?,27?/m1/s1. The summed E-state index contributed by atoms with van der Waals surface area (Å²) in [5, 5.41) is 10.5. The van der Waals surface area contributed by atoms with Crippen molar-refractivity contribution in [2.45, 2.75) is 63.7 Å². The summed E-state index contributed by atoms with van der Waals surface area (Å²) in [6.07, 6.45) is 3.98. The number of pyridine rings is 2. The van der Waals surface area contributed by atoms with E-state index in [2.05, 4.69) is 21.8 Å². The topological polar surface area (TPSA) is 111 Å². The number of aromatic nitrogens is 2. The molecule has 2 saturated heterocycles. The monoisotopic (exact) mass is 596 g/mol. The first kappa shape index (κ1) is 29.5. The van der Waals surface area contributed by atoms with E-state index in [9.17, 15) is 14.3 Å². The van der Waals surface area contributed by atoms with Crippen molar-refractivity contribution in [3.05, 3.63) is 70.4 Å². The molecule has 3 aromatic rings. The van der Waals surface area contributed by atoms with Gasteiger partial charge in [0.2, 0.25) is 0 Å². The summed E-state index contributed by atoms with van der Waals surface area (Å²) in [4.78, 5) is 24.3. The average molecular weight is 597 g/mol. The van der Waals surface area contributed by atoms with Gasteiger partial charge in [-0.2, -0.15) is 0 Å². The summed E-state index contributed by atoms with van der Waals surface area (Å²) >= 11 is 0. The van der Waals surface area contributed by atoms with E-state index in [0.717, 1.165) is 48.8 Å². The van der Waals surface area contributed by atoms with Crippen molar-refractivity contribution in [1.82, 2.24) is 9.97 Å². The lowest BCUT2D eigenvalue weighted by Gasteiger charge is -2.38. The number of benzene rings is 1. The third-order valence-electron chi connectivity index (χ3n) is 8.41. The molecule has 4 heterocycles. The van der Waals surface area contributed by atoms with Crippen LogP contribution in [0.5, 0.6) is 5.75 Å². The lowest BCUT2D eigenvalue weighted by molar-refractivity contribution is 0.00720. The van der Waals surface area contributed by atoms with Crippen LogP contribution in [-0.2, 0) is 17.6 Å². The Balaban J connectivity index is 1.29. The zero-order valence-corrected chi connectivity index (χ0v) is 24.0. The molecule has 0 spiro atoms. The number of Topliss-reactive ketones (excluding diaryl/α,β-unsaturated/α-hetero) is 1. The Bertz CT molecular complexity index is 1500. The SMILES string of the molecule is C[C@@H]1C[C@H](N)CN(c2c(CC(=O)c3ccc(F)c(-c4c(F)cc(OC5CCCOC5)cc4F)n3)cnc3c2CCC3O)C1. The molecule has 1 aliphatic carbocycles. The lowest BCUT2D eigenvalue weighted by atomic mass is 9.93. The van der Waals surface area contributed by atoms with Gasteiger partial charge in [0, 0.05) is 67.3 Å². The van der Waals surface area contributed by atoms with E-state index in [4.69, 9.17) is 15.2 Å². The summed E-state index contributed by atoms with van der Waals surface area (Å²) in [6.45, 7) is 4.39. The number of carbonyl (C=O) groups is 1. The maximum Gasteiger partial charge on any atom is 0.185 e. The lowest BCUT2D eigenvalue weighted by Crippen LogP contribution is -2.47. The molecule has 6 rings (SSSR count). The van der Waals surface area contributed by atoms with E-state index in [1.807, 2.05) is 0 Å². The van der Waals surface area contributed by atoms with Gasteiger partial charge >= 0.3 is 0 Å². The number of ketones is 1. The van der Waals surface area contributed by atoms with Crippen molar-refractivity contribution >= 4 is 11.5 Å². The molecule has 4 atom stereocenters. The third-order valence-corrected chi connectivity index (χ3v) is 8.41. The quantitative estimate of drug-likeness (QED) is 0.378.